The maximum Gasteiger partial charge on any atom is 0.234 e. The van der Waals surface area contributed by atoms with Gasteiger partial charge in [-0.05, 0) is 44.8 Å². The first-order chi connectivity index (χ1) is 9.92. The SMILES string of the molecule is CC(CN)CN1CCCN(CC(=O)NC(C)C(C)C)CC1. The molecule has 1 fully saturated rings. The summed E-state index contributed by atoms with van der Waals surface area (Å²) < 4.78 is 0. The number of hydrogen-bond acceptors (Lipinski definition) is 4. The molecule has 5 nitrogen and oxygen atoms in total. The number of carbonyl (C=O) groups excluding carboxylic acids is 1. The second-order valence-corrected chi connectivity index (χ2v) is 6.87. The Morgan fingerprint density at radius 1 is 1.10 bits per heavy atom. The van der Waals surface area contributed by atoms with Crippen LogP contribution in [-0.2, 0) is 4.79 Å². The number of hydrogen-bond donors (Lipinski definition) is 2. The fourth-order valence-corrected chi connectivity index (χ4v) is 2.55. The Hall–Kier alpha value is -0.650. The van der Waals surface area contributed by atoms with E-state index in [0.29, 0.717) is 18.4 Å². The summed E-state index contributed by atoms with van der Waals surface area (Å²) in [6.07, 6.45) is 1.13. The lowest BCUT2D eigenvalue weighted by Crippen LogP contribution is -2.44. The zero-order valence-electron chi connectivity index (χ0n) is 14.3. The van der Waals surface area contributed by atoms with E-state index >= 15 is 0 Å². The average Bonchev–Trinajstić information content (AvgIpc) is 2.64. The molecular weight excluding hydrogens is 264 g/mol. The van der Waals surface area contributed by atoms with E-state index in [4.69, 9.17) is 5.73 Å². The summed E-state index contributed by atoms with van der Waals surface area (Å²) in [4.78, 5) is 16.8. The van der Waals surface area contributed by atoms with E-state index in [1.54, 1.807) is 0 Å². The van der Waals surface area contributed by atoms with Gasteiger partial charge in [0, 0.05) is 25.7 Å². The van der Waals surface area contributed by atoms with Crippen LogP contribution >= 0.6 is 0 Å². The molecular formula is C16H34N4O. The molecule has 0 aromatic rings. The van der Waals surface area contributed by atoms with Crippen LogP contribution in [0, 0.1) is 11.8 Å². The van der Waals surface area contributed by atoms with Gasteiger partial charge >= 0.3 is 0 Å². The molecule has 0 radical (unpaired) electrons. The van der Waals surface area contributed by atoms with Crippen LogP contribution in [0.15, 0.2) is 0 Å². The van der Waals surface area contributed by atoms with Crippen molar-refractivity contribution in [2.75, 3.05) is 45.8 Å². The van der Waals surface area contributed by atoms with Gasteiger partial charge in [0.2, 0.25) is 5.91 Å². The second kappa shape index (κ2) is 9.38. The van der Waals surface area contributed by atoms with Crippen LogP contribution in [0.1, 0.15) is 34.1 Å². The molecule has 1 amide bonds. The Bertz CT molecular complexity index is 309. The van der Waals surface area contributed by atoms with E-state index in [2.05, 4.69) is 42.8 Å². The van der Waals surface area contributed by atoms with Crippen molar-refractivity contribution in [3.05, 3.63) is 0 Å². The molecule has 0 aromatic carbocycles. The Labute approximate surface area is 130 Å². The third kappa shape index (κ3) is 7.25. The molecule has 0 aliphatic carbocycles. The zero-order valence-corrected chi connectivity index (χ0v) is 14.3. The van der Waals surface area contributed by atoms with E-state index in [0.717, 1.165) is 45.7 Å². The van der Waals surface area contributed by atoms with Gasteiger partial charge in [-0.25, -0.2) is 0 Å². The quantitative estimate of drug-likeness (QED) is 0.728. The van der Waals surface area contributed by atoms with E-state index < -0.39 is 0 Å². The molecule has 0 saturated carbocycles. The second-order valence-electron chi connectivity index (χ2n) is 6.87. The smallest absolute Gasteiger partial charge is 0.234 e. The highest BCUT2D eigenvalue weighted by Gasteiger charge is 2.19. The van der Waals surface area contributed by atoms with E-state index in [9.17, 15) is 4.79 Å². The zero-order chi connectivity index (χ0) is 15.8. The van der Waals surface area contributed by atoms with Crippen molar-refractivity contribution in [1.29, 1.82) is 0 Å². The maximum absolute atomic E-state index is 12.1. The first-order valence-electron chi connectivity index (χ1n) is 8.36. The third-order valence-electron chi connectivity index (χ3n) is 4.41. The Morgan fingerprint density at radius 2 is 1.71 bits per heavy atom. The molecule has 1 saturated heterocycles. The van der Waals surface area contributed by atoms with Crippen molar-refractivity contribution < 1.29 is 4.79 Å². The predicted molar refractivity (Wildman–Crippen MR) is 88.2 cm³/mol. The lowest BCUT2D eigenvalue weighted by atomic mass is 10.1. The maximum atomic E-state index is 12.1. The van der Waals surface area contributed by atoms with Crippen molar-refractivity contribution in [3.8, 4) is 0 Å². The largest absolute Gasteiger partial charge is 0.352 e. The molecule has 21 heavy (non-hydrogen) atoms. The van der Waals surface area contributed by atoms with Gasteiger partial charge in [0.05, 0.1) is 6.54 Å². The molecule has 0 spiro atoms. The normalized spacial score (nSPS) is 21.0. The van der Waals surface area contributed by atoms with Crippen molar-refractivity contribution in [1.82, 2.24) is 15.1 Å². The average molecular weight is 298 g/mol. The minimum absolute atomic E-state index is 0.153. The molecule has 1 aliphatic heterocycles. The molecule has 0 aromatic heterocycles. The van der Waals surface area contributed by atoms with Crippen LogP contribution < -0.4 is 11.1 Å². The van der Waals surface area contributed by atoms with Crippen LogP contribution in [0.4, 0.5) is 0 Å². The summed E-state index contributed by atoms with van der Waals surface area (Å²) in [6.45, 7) is 15.0. The van der Waals surface area contributed by atoms with Gasteiger partial charge < -0.3 is 16.0 Å². The molecule has 0 bridgehead atoms. The van der Waals surface area contributed by atoms with Crippen LogP contribution in [0.3, 0.4) is 0 Å². The Balaban J connectivity index is 2.33. The van der Waals surface area contributed by atoms with Crippen LogP contribution in [0.5, 0.6) is 0 Å². The topological polar surface area (TPSA) is 61.6 Å². The fourth-order valence-electron chi connectivity index (χ4n) is 2.55. The minimum Gasteiger partial charge on any atom is -0.352 e. The lowest BCUT2D eigenvalue weighted by Gasteiger charge is -2.24. The van der Waals surface area contributed by atoms with Gasteiger partial charge in [0.15, 0.2) is 0 Å². The Morgan fingerprint density at radius 3 is 2.33 bits per heavy atom. The molecule has 1 heterocycles. The fraction of sp³-hybridized carbons (Fsp3) is 0.938. The molecule has 1 rings (SSSR count). The number of rotatable bonds is 7. The van der Waals surface area contributed by atoms with E-state index in [-0.39, 0.29) is 11.9 Å². The number of amides is 1. The molecule has 3 N–H and O–H groups in total. The molecule has 2 atom stereocenters. The third-order valence-corrected chi connectivity index (χ3v) is 4.41. The van der Waals surface area contributed by atoms with Crippen molar-refractivity contribution in [3.63, 3.8) is 0 Å². The van der Waals surface area contributed by atoms with E-state index in [1.165, 1.54) is 0 Å². The van der Waals surface area contributed by atoms with Gasteiger partial charge in [-0.3, -0.25) is 9.69 Å². The highest BCUT2D eigenvalue weighted by Crippen LogP contribution is 2.06. The molecule has 5 heteroatoms. The Kier molecular flexibility index (Phi) is 8.22. The van der Waals surface area contributed by atoms with Gasteiger partial charge in [0.25, 0.3) is 0 Å². The van der Waals surface area contributed by atoms with Crippen molar-refractivity contribution in [2.24, 2.45) is 17.6 Å². The summed E-state index contributed by atoms with van der Waals surface area (Å²) >= 11 is 0. The molecule has 124 valence electrons. The summed E-state index contributed by atoms with van der Waals surface area (Å²) in [5.41, 5.74) is 5.70. The van der Waals surface area contributed by atoms with Crippen LogP contribution in [0.25, 0.3) is 0 Å². The van der Waals surface area contributed by atoms with Gasteiger partial charge in [-0.2, -0.15) is 0 Å². The van der Waals surface area contributed by atoms with E-state index in [1.807, 2.05) is 0 Å². The summed E-state index contributed by atoms with van der Waals surface area (Å²) in [6, 6.07) is 0.242. The number of nitrogens with zero attached hydrogens (tertiary/aromatic N) is 2. The number of carbonyl (C=O) groups is 1. The van der Waals surface area contributed by atoms with Crippen LogP contribution in [0.2, 0.25) is 0 Å². The first kappa shape index (κ1) is 18.4. The predicted octanol–water partition coefficient (Wildman–Crippen LogP) is 0.750. The summed E-state index contributed by atoms with van der Waals surface area (Å²) in [5, 5.41) is 3.09. The summed E-state index contributed by atoms with van der Waals surface area (Å²) in [7, 11) is 0. The van der Waals surface area contributed by atoms with Crippen LogP contribution in [-0.4, -0.2) is 67.6 Å². The highest BCUT2D eigenvalue weighted by atomic mass is 16.2. The molecule has 1 aliphatic rings. The lowest BCUT2D eigenvalue weighted by molar-refractivity contribution is -0.123. The van der Waals surface area contributed by atoms with Gasteiger partial charge in [0.1, 0.15) is 0 Å². The standard InChI is InChI=1S/C16H34N4O/c1-13(2)15(4)18-16(21)12-20-7-5-6-19(8-9-20)11-14(3)10-17/h13-15H,5-12,17H2,1-4H3,(H,18,21). The summed E-state index contributed by atoms with van der Waals surface area (Å²) in [5.74, 6) is 1.18. The molecule has 2 unspecified atom stereocenters. The minimum atomic E-state index is 0.153. The first-order valence-corrected chi connectivity index (χ1v) is 8.36. The van der Waals surface area contributed by atoms with Gasteiger partial charge in [-0.15, -0.1) is 0 Å². The van der Waals surface area contributed by atoms with Crippen molar-refractivity contribution >= 4 is 5.91 Å². The van der Waals surface area contributed by atoms with Gasteiger partial charge in [-0.1, -0.05) is 20.8 Å². The monoisotopic (exact) mass is 298 g/mol. The highest BCUT2D eigenvalue weighted by molar-refractivity contribution is 5.78. The number of nitrogens with two attached hydrogens (primary N) is 1. The van der Waals surface area contributed by atoms with Crippen molar-refractivity contribution in [2.45, 2.75) is 40.2 Å². The number of nitrogens with one attached hydrogen (secondary N) is 1.